The Morgan fingerprint density at radius 2 is 1.92 bits per heavy atom. The highest BCUT2D eigenvalue weighted by Gasteiger charge is 2.15. The van der Waals surface area contributed by atoms with Crippen molar-refractivity contribution in [2.45, 2.75) is 11.8 Å². The number of nitrogens with one attached hydrogen (secondary N) is 2. The van der Waals surface area contributed by atoms with Gasteiger partial charge in [0.05, 0.1) is 4.90 Å². The molecule has 2 rings (SSSR count). The first-order valence-corrected chi connectivity index (χ1v) is 8.59. The van der Waals surface area contributed by atoms with Crippen molar-refractivity contribution < 1.29 is 17.6 Å². The zero-order chi connectivity index (χ0) is 17.7. The first kappa shape index (κ1) is 17.8. The highest BCUT2D eigenvalue weighted by molar-refractivity contribution is 7.89. The van der Waals surface area contributed by atoms with Gasteiger partial charge in [-0.05, 0) is 55.4 Å². The molecule has 0 bridgehead atoms. The lowest BCUT2D eigenvalue weighted by Crippen LogP contribution is -2.20. The largest absolute Gasteiger partial charge is 0.322 e. The summed E-state index contributed by atoms with van der Waals surface area (Å²) in [6.07, 6.45) is 2.72. The summed E-state index contributed by atoms with van der Waals surface area (Å²) in [4.78, 5) is 12.0. The Balaban J connectivity index is 2.16. The zero-order valence-electron chi connectivity index (χ0n) is 13.2. The Kier molecular flexibility index (Phi) is 5.48. The summed E-state index contributed by atoms with van der Waals surface area (Å²) in [5.41, 5.74) is 1.47. The number of hydrogen-bond donors (Lipinski definition) is 2. The monoisotopic (exact) mass is 348 g/mol. The highest BCUT2D eigenvalue weighted by Crippen LogP contribution is 2.20. The molecule has 0 unspecified atom stereocenters. The first-order chi connectivity index (χ1) is 11.3. The van der Waals surface area contributed by atoms with Crippen molar-refractivity contribution in [3.05, 3.63) is 65.5 Å². The van der Waals surface area contributed by atoms with Crippen LogP contribution in [0.5, 0.6) is 0 Å². The number of anilines is 1. The second-order valence-corrected chi connectivity index (χ2v) is 6.92. The standard InChI is InChI=1S/C17H17FN2O3S/c1-12-6-8-15(11-16(12)24(22,23)19-2)20-17(21)9-7-13-4-3-5-14(18)10-13/h3-11,19H,1-2H3,(H,20,21)/b9-7+. The van der Waals surface area contributed by atoms with E-state index >= 15 is 0 Å². The zero-order valence-corrected chi connectivity index (χ0v) is 14.0. The van der Waals surface area contributed by atoms with Gasteiger partial charge in [0.1, 0.15) is 5.82 Å². The summed E-state index contributed by atoms with van der Waals surface area (Å²) in [7, 11) is -2.29. The summed E-state index contributed by atoms with van der Waals surface area (Å²) >= 11 is 0. The van der Waals surface area contributed by atoms with E-state index in [0.29, 0.717) is 16.8 Å². The Labute approximate surface area is 140 Å². The molecule has 0 aromatic heterocycles. The van der Waals surface area contributed by atoms with Crippen molar-refractivity contribution in [1.29, 1.82) is 0 Å². The average molecular weight is 348 g/mol. The molecule has 2 N–H and O–H groups in total. The fourth-order valence-electron chi connectivity index (χ4n) is 2.04. The van der Waals surface area contributed by atoms with Crippen LogP contribution in [0.25, 0.3) is 6.08 Å². The maximum absolute atomic E-state index is 13.1. The Bertz CT molecular complexity index is 892. The molecule has 0 saturated heterocycles. The minimum Gasteiger partial charge on any atom is -0.322 e. The van der Waals surface area contributed by atoms with Gasteiger partial charge in [-0.15, -0.1) is 0 Å². The van der Waals surface area contributed by atoms with Crippen LogP contribution in [0.2, 0.25) is 0 Å². The molecule has 0 aliphatic heterocycles. The van der Waals surface area contributed by atoms with Crippen molar-refractivity contribution in [2.24, 2.45) is 0 Å². The summed E-state index contributed by atoms with van der Waals surface area (Å²) < 4.78 is 39.2. The summed E-state index contributed by atoms with van der Waals surface area (Å²) in [5.74, 6) is -0.839. The highest BCUT2D eigenvalue weighted by atomic mass is 32.2. The third-order valence-corrected chi connectivity index (χ3v) is 4.85. The van der Waals surface area contributed by atoms with Crippen molar-refractivity contribution >= 4 is 27.7 Å². The van der Waals surface area contributed by atoms with Crippen LogP contribution < -0.4 is 10.0 Å². The molecule has 0 atom stereocenters. The molecular formula is C17H17FN2O3S. The van der Waals surface area contributed by atoms with E-state index in [1.54, 1.807) is 31.2 Å². The summed E-state index contributed by atoms with van der Waals surface area (Å²) in [6, 6.07) is 10.4. The van der Waals surface area contributed by atoms with E-state index in [4.69, 9.17) is 0 Å². The molecule has 1 amide bonds. The molecular weight excluding hydrogens is 331 g/mol. The SMILES string of the molecule is CNS(=O)(=O)c1cc(NC(=O)/C=C/c2cccc(F)c2)ccc1C. The fourth-order valence-corrected chi connectivity index (χ4v) is 3.04. The number of sulfonamides is 1. The van der Waals surface area contributed by atoms with Crippen molar-refractivity contribution in [2.75, 3.05) is 12.4 Å². The van der Waals surface area contributed by atoms with Gasteiger partial charge in [-0.25, -0.2) is 17.5 Å². The molecule has 0 aliphatic carbocycles. The molecule has 7 heteroatoms. The third-order valence-electron chi connectivity index (χ3n) is 3.29. The predicted molar refractivity (Wildman–Crippen MR) is 91.5 cm³/mol. The summed E-state index contributed by atoms with van der Waals surface area (Å²) in [5, 5.41) is 2.58. The molecule has 2 aromatic carbocycles. The van der Waals surface area contributed by atoms with E-state index in [1.807, 2.05) is 0 Å². The van der Waals surface area contributed by atoms with E-state index < -0.39 is 21.7 Å². The topological polar surface area (TPSA) is 75.3 Å². The molecule has 126 valence electrons. The van der Waals surface area contributed by atoms with Gasteiger partial charge in [0.25, 0.3) is 0 Å². The number of halogens is 1. The number of amides is 1. The van der Waals surface area contributed by atoms with Crippen LogP contribution in [0.4, 0.5) is 10.1 Å². The van der Waals surface area contributed by atoms with Gasteiger partial charge in [0.15, 0.2) is 0 Å². The molecule has 0 radical (unpaired) electrons. The van der Waals surface area contributed by atoms with Gasteiger partial charge in [0, 0.05) is 11.8 Å². The van der Waals surface area contributed by atoms with Crippen LogP contribution in [0.15, 0.2) is 53.4 Å². The van der Waals surface area contributed by atoms with E-state index in [0.717, 1.165) is 0 Å². The fraction of sp³-hybridized carbons (Fsp3) is 0.118. The second-order valence-electron chi connectivity index (χ2n) is 5.07. The van der Waals surface area contributed by atoms with E-state index in [-0.39, 0.29) is 4.90 Å². The first-order valence-electron chi connectivity index (χ1n) is 7.10. The Morgan fingerprint density at radius 1 is 1.17 bits per heavy atom. The second kappa shape index (κ2) is 7.37. The summed E-state index contributed by atoms with van der Waals surface area (Å²) in [6.45, 7) is 1.67. The molecule has 24 heavy (non-hydrogen) atoms. The molecule has 0 aliphatic rings. The molecule has 0 saturated carbocycles. The van der Waals surface area contributed by atoms with Crippen molar-refractivity contribution in [3.63, 3.8) is 0 Å². The van der Waals surface area contributed by atoms with E-state index in [9.17, 15) is 17.6 Å². The Morgan fingerprint density at radius 3 is 2.58 bits per heavy atom. The average Bonchev–Trinajstić information content (AvgIpc) is 2.54. The molecule has 5 nitrogen and oxygen atoms in total. The maximum atomic E-state index is 13.1. The number of carbonyl (C=O) groups excluding carboxylic acids is 1. The number of carbonyl (C=O) groups is 1. The number of aryl methyl sites for hydroxylation is 1. The molecule has 2 aromatic rings. The minimum absolute atomic E-state index is 0.0944. The van der Waals surface area contributed by atoms with Gasteiger partial charge in [0.2, 0.25) is 15.9 Å². The number of rotatable bonds is 5. The van der Waals surface area contributed by atoms with Gasteiger partial charge in [-0.2, -0.15) is 0 Å². The quantitative estimate of drug-likeness (QED) is 0.816. The van der Waals surface area contributed by atoms with Crippen LogP contribution in [0.3, 0.4) is 0 Å². The lowest BCUT2D eigenvalue weighted by molar-refractivity contribution is -0.111. The van der Waals surface area contributed by atoms with Crippen molar-refractivity contribution in [1.82, 2.24) is 4.72 Å². The van der Waals surface area contributed by atoms with Crippen LogP contribution in [-0.4, -0.2) is 21.4 Å². The number of hydrogen-bond acceptors (Lipinski definition) is 3. The number of benzene rings is 2. The van der Waals surface area contributed by atoms with Crippen LogP contribution >= 0.6 is 0 Å². The van der Waals surface area contributed by atoms with Gasteiger partial charge in [-0.1, -0.05) is 18.2 Å². The third kappa shape index (κ3) is 4.50. The van der Waals surface area contributed by atoms with E-state index in [1.165, 1.54) is 37.4 Å². The lowest BCUT2D eigenvalue weighted by Gasteiger charge is -2.09. The molecule has 0 spiro atoms. The normalized spacial score (nSPS) is 11.6. The van der Waals surface area contributed by atoms with Gasteiger partial charge >= 0.3 is 0 Å². The van der Waals surface area contributed by atoms with Crippen molar-refractivity contribution in [3.8, 4) is 0 Å². The maximum Gasteiger partial charge on any atom is 0.248 e. The van der Waals surface area contributed by atoms with Gasteiger partial charge in [-0.3, -0.25) is 4.79 Å². The van der Waals surface area contributed by atoms with Gasteiger partial charge < -0.3 is 5.32 Å². The molecule has 0 heterocycles. The molecule has 0 fully saturated rings. The lowest BCUT2D eigenvalue weighted by atomic mass is 10.2. The predicted octanol–water partition coefficient (Wildman–Crippen LogP) is 2.69. The Hall–Kier alpha value is -2.51. The minimum atomic E-state index is -3.61. The smallest absolute Gasteiger partial charge is 0.248 e. The van der Waals surface area contributed by atoms with Crippen LogP contribution in [0.1, 0.15) is 11.1 Å². The van der Waals surface area contributed by atoms with E-state index in [2.05, 4.69) is 10.0 Å². The van der Waals surface area contributed by atoms with Crippen LogP contribution in [0, 0.1) is 12.7 Å². The van der Waals surface area contributed by atoms with Crippen LogP contribution in [-0.2, 0) is 14.8 Å².